The van der Waals surface area contributed by atoms with Crippen molar-refractivity contribution >= 4 is 26.5 Å². The Bertz CT molecular complexity index is 527. The van der Waals surface area contributed by atoms with Crippen molar-refractivity contribution < 1.29 is 0 Å². The largest absolute Gasteiger partial charge is 0.107 e. The Morgan fingerprint density at radius 2 is 1.55 bits per heavy atom. The second-order valence-electron chi connectivity index (χ2n) is 6.40. The third-order valence-electron chi connectivity index (χ3n) is 4.79. The van der Waals surface area contributed by atoms with Gasteiger partial charge in [0.25, 0.3) is 0 Å². The van der Waals surface area contributed by atoms with Gasteiger partial charge >= 0.3 is 0 Å². The highest BCUT2D eigenvalue weighted by Gasteiger charge is 2.28. The van der Waals surface area contributed by atoms with Crippen LogP contribution >= 0.6 is 15.8 Å². The molecule has 0 aliphatic carbocycles. The van der Waals surface area contributed by atoms with Crippen LogP contribution in [-0.4, -0.2) is 24.1 Å². The number of rotatable bonds is 5. The van der Waals surface area contributed by atoms with Gasteiger partial charge in [0.2, 0.25) is 0 Å². The summed E-state index contributed by atoms with van der Waals surface area (Å²) in [5.74, 6) is 0. The fourth-order valence-corrected chi connectivity index (χ4v) is 8.89. The van der Waals surface area contributed by atoms with Crippen LogP contribution < -0.4 is 10.6 Å². The molecule has 2 aromatic carbocycles. The standard InChI is InChI=1S/C20H26P2/c1-17(16-20-14-9-15-21(20)2)22(18-10-5-3-6-11-18)19-12-7-4-8-13-19/h3-8,10-13,17,20H,9,14-16H2,1-2H3/t17-,20+,21+/m0/s1. The average Bonchev–Trinajstić information content (AvgIpc) is 2.95. The summed E-state index contributed by atoms with van der Waals surface area (Å²) < 4.78 is 0. The van der Waals surface area contributed by atoms with Crippen LogP contribution in [0.2, 0.25) is 0 Å². The smallest absolute Gasteiger partial charge is 0.0151 e. The van der Waals surface area contributed by atoms with Crippen molar-refractivity contribution in [1.29, 1.82) is 0 Å². The first-order valence-electron chi connectivity index (χ1n) is 8.35. The summed E-state index contributed by atoms with van der Waals surface area (Å²) in [4.78, 5) is 0. The summed E-state index contributed by atoms with van der Waals surface area (Å²) in [6, 6.07) is 22.4. The predicted octanol–water partition coefficient (Wildman–Crippen LogP) is 5.17. The second kappa shape index (κ2) is 7.72. The van der Waals surface area contributed by atoms with E-state index in [1.54, 1.807) is 0 Å². The number of benzene rings is 2. The van der Waals surface area contributed by atoms with Crippen molar-refractivity contribution in [3.63, 3.8) is 0 Å². The zero-order valence-corrected chi connectivity index (χ0v) is 15.4. The molecule has 1 saturated heterocycles. The van der Waals surface area contributed by atoms with E-state index in [4.69, 9.17) is 0 Å². The van der Waals surface area contributed by atoms with E-state index in [9.17, 15) is 0 Å². The van der Waals surface area contributed by atoms with Crippen LogP contribution in [0.1, 0.15) is 26.2 Å². The highest BCUT2D eigenvalue weighted by atomic mass is 31.1. The van der Waals surface area contributed by atoms with Crippen molar-refractivity contribution in [2.45, 2.75) is 37.5 Å². The first-order chi connectivity index (χ1) is 10.8. The fraction of sp³-hybridized carbons (Fsp3) is 0.400. The van der Waals surface area contributed by atoms with Gasteiger partial charge < -0.3 is 0 Å². The van der Waals surface area contributed by atoms with Crippen molar-refractivity contribution in [1.82, 2.24) is 0 Å². The molecule has 1 aliphatic rings. The summed E-state index contributed by atoms with van der Waals surface area (Å²) in [5.41, 5.74) is 1.77. The van der Waals surface area contributed by atoms with E-state index in [-0.39, 0.29) is 15.8 Å². The Labute approximate surface area is 137 Å². The van der Waals surface area contributed by atoms with Crippen LogP contribution in [0, 0.1) is 0 Å². The number of hydrogen-bond acceptors (Lipinski definition) is 0. The summed E-state index contributed by atoms with van der Waals surface area (Å²) in [7, 11) is 0.0499. The minimum atomic E-state index is -0.237. The molecule has 2 aromatic rings. The molecule has 1 fully saturated rings. The first kappa shape index (κ1) is 16.2. The molecule has 0 bridgehead atoms. The minimum Gasteiger partial charge on any atom is -0.107 e. The van der Waals surface area contributed by atoms with Crippen LogP contribution in [0.3, 0.4) is 0 Å². The Morgan fingerprint density at radius 1 is 1.00 bits per heavy atom. The number of hydrogen-bond donors (Lipinski definition) is 0. The van der Waals surface area contributed by atoms with E-state index in [1.807, 2.05) is 0 Å². The van der Waals surface area contributed by atoms with Gasteiger partial charge in [-0.1, -0.05) is 67.6 Å². The van der Waals surface area contributed by atoms with E-state index in [0.29, 0.717) is 0 Å². The van der Waals surface area contributed by atoms with Crippen LogP contribution in [0.5, 0.6) is 0 Å². The van der Waals surface area contributed by atoms with E-state index in [1.165, 1.54) is 36.0 Å². The monoisotopic (exact) mass is 328 g/mol. The van der Waals surface area contributed by atoms with E-state index >= 15 is 0 Å². The van der Waals surface area contributed by atoms with Crippen molar-refractivity contribution in [3.05, 3.63) is 60.7 Å². The normalized spacial score (nSPS) is 22.9. The van der Waals surface area contributed by atoms with Gasteiger partial charge in [-0.25, -0.2) is 0 Å². The molecule has 0 nitrogen and oxygen atoms in total. The maximum Gasteiger partial charge on any atom is -0.0151 e. The molecule has 0 N–H and O–H groups in total. The molecular formula is C20H26P2. The second-order valence-corrected chi connectivity index (χ2v) is 11.7. The maximum absolute atomic E-state index is 2.52. The lowest BCUT2D eigenvalue weighted by molar-refractivity contribution is 0.705. The lowest BCUT2D eigenvalue weighted by atomic mass is 10.2. The Kier molecular flexibility index (Phi) is 5.67. The topological polar surface area (TPSA) is 0 Å². The molecule has 3 atom stereocenters. The van der Waals surface area contributed by atoms with Gasteiger partial charge in [0.05, 0.1) is 0 Å². The van der Waals surface area contributed by atoms with E-state index < -0.39 is 0 Å². The zero-order valence-electron chi connectivity index (χ0n) is 13.7. The Hall–Kier alpha value is -0.700. The van der Waals surface area contributed by atoms with Gasteiger partial charge in [-0.15, -0.1) is 7.92 Å². The van der Waals surface area contributed by atoms with Gasteiger partial charge in [0.1, 0.15) is 0 Å². The van der Waals surface area contributed by atoms with Crippen LogP contribution in [0.4, 0.5) is 0 Å². The molecular weight excluding hydrogens is 302 g/mol. The van der Waals surface area contributed by atoms with Crippen molar-refractivity contribution in [2.75, 3.05) is 12.8 Å². The molecule has 1 aliphatic heterocycles. The molecule has 22 heavy (non-hydrogen) atoms. The Morgan fingerprint density at radius 3 is 2.00 bits per heavy atom. The van der Waals surface area contributed by atoms with Crippen LogP contribution in [0.15, 0.2) is 60.7 Å². The maximum atomic E-state index is 2.52. The summed E-state index contributed by atoms with van der Waals surface area (Å²) >= 11 is 0. The average molecular weight is 328 g/mol. The Balaban J connectivity index is 1.85. The highest BCUT2D eigenvalue weighted by molar-refractivity contribution is 7.73. The molecule has 0 aromatic heterocycles. The molecule has 116 valence electrons. The quantitative estimate of drug-likeness (QED) is 0.664. The van der Waals surface area contributed by atoms with E-state index in [2.05, 4.69) is 74.3 Å². The van der Waals surface area contributed by atoms with Gasteiger partial charge in [0.15, 0.2) is 0 Å². The van der Waals surface area contributed by atoms with Gasteiger partial charge in [-0.05, 0) is 61.9 Å². The first-order valence-corrected chi connectivity index (χ1v) is 11.8. The molecule has 2 heteroatoms. The summed E-state index contributed by atoms with van der Waals surface area (Å²) in [5, 5.41) is 3.07. The lowest BCUT2D eigenvalue weighted by Crippen LogP contribution is -2.22. The minimum absolute atomic E-state index is 0.237. The molecule has 0 saturated carbocycles. The molecule has 0 radical (unpaired) electrons. The van der Waals surface area contributed by atoms with E-state index in [0.717, 1.165) is 11.3 Å². The van der Waals surface area contributed by atoms with Crippen LogP contribution in [0.25, 0.3) is 0 Å². The van der Waals surface area contributed by atoms with Crippen LogP contribution in [-0.2, 0) is 0 Å². The molecule has 0 spiro atoms. The van der Waals surface area contributed by atoms with Crippen molar-refractivity contribution in [2.24, 2.45) is 0 Å². The lowest BCUT2D eigenvalue weighted by Gasteiger charge is -2.29. The SMILES string of the molecule is C[C@@H](C[C@H]1CCC[P@@]1C)P(c1ccccc1)c1ccccc1. The van der Waals surface area contributed by atoms with Gasteiger partial charge in [-0.2, -0.15) is 0 Å². The zero-order chi connectivity index (χ0) is 15.4. The summed E-state index contributed by atoms with van der Waals surface area (Å²) in [6.07, 6.45) is 5.85. The third-order valence-corrected chi connectivity index (χ3v) is 10.3. The highest BCUT2D eigenvalue weighted by Crippen LogP contribution is 2.52. The van der Waals surface area contributed by atoms with Gasteiger partial charge in [-0.3, -0.25) is 0 Å². The third kappa shape index (κ3) is 3.79. The molecule has 3 rings (SSSR count). The fourth-order valence-electron chi connectivity index (χ4n) is 3.61. The predicted molar refractivity (Wildman–Crippen MR) is 104 cm³/mol. The van der Waals surface area contributed by atoms with Crippen molar-refractivity contribution in [3.8, 4) is 0 Å². The molecule has 1 heterocycles. The summed E-state index contributed by atoms with van der Waals surface area (Å²) in [6.45, 7) is 5.01. The molecule has 0 unspecified atom stereocenters. The van der Waals surface area contributed by atoms with Gasteiger partial charge in [0, 0.05) is 0 Å². The molecule has 0 amide bonds.